The van der Waals surface area contributed by atoms with Gasteiger partial charge in [0.1, 0.15) is 0 Å². The summed E-state index contributed by atoms with van der Waals surface area (Å²) in [5.41, 5.74) is 23.8. The molecule has 3 aromatic heterocycles. The fourth-order valence-electron chi connectivity index (χ4n) is 10.3. The molecule has 0 atom stereocenters. The van der Waals surface area contributed by atoms with Crippen LogP contribution >= 0.6 is 0 Å². The van der Waals surface area contributed by atoms with Crippen molar-refractivity contribution in [3.8, 4) is 95.5 Å². The summed E-state index contributed by atoms with van der Waals surface area (Å²) < 4.78 is 25.6. The fourth-order valence-corrected chi connectivity index (χ4v) is 10.3. The molecule has 0 radical (unpaired) electrons. The van der Waals surface area contributed by atoms with Crippen molar-refractivity contribution in [1.82, 2.24) is 15.0 Å². The molecule has 0 fully saturated rings. The Labute approximate surface area is 445 Å². The summed E-state index contributed by atoms with van der Waals surface area (Å²) >= 11 is 0. The van der Waals surface area contributed by atoms with E-state index in [4.69, 9.17) is 9.10 Å². The quantitative estimate of drug-likeness (QED) is 0.109. The van der Waals surface area contributed by atoms with Crippen LogP contribution in [0.4, 0.5) is 0 Å². The normalized spacial score (nSPS) is 11.8. The van der Waals surface area contributed by atoms with E-state index in [1.807, 2.05) is 111 Å². The van der Waals surface area contributed by atoms with Gasteiger partial charge in [-0.3, -0.25) is 15.0 Å². The highest BCUT2D eigenvalue weighted by atomic mass is 14.7. The lowest BCUT2D eigenvalue weighted by molar-refractivity contribution is 0.931. The van der Waals surface area contributed by atoms with E-state index in [-0.39, 0.29) is 5.56 Å². The van der Waals surface area contributed by atoms with E-state index in [0.717, 1.165) is 115 Å². The smallest absolute Gasteiger partial charge is 0.0991 e. The van der Waals surface area contributed by atoms with Gasteiger partial charge in [-0.25, -0.2) is 0 Å². The molecule has 3 heterocycles. The Morgan fingerprint density at radius 3 is 1.43 bits per heavy atom. The van der Waals surface area contributed by atoms with Crippen LogP contribution < -0.4 is 0 Å². The van der Waals surface area contributed by atoms with Crippen molar-refractivity contribution in [2.75, 3.05) is 0 Å². The number of pyridine rings is 3. The maximum atomic E-state index is 9.48. The maximum Gasteiger partial charge on any atom is 0.0991 e. The minimum Gasteiger partial charge on any atom is -0.256 e. The first-order valence-corrected chi connectivity index (χ1v) is 25.6. The second kappa shape index (κ2) is 21.8. The van der Waals surface area contributed by atoms with Crippen LogP contribution in [0.25, 0.3) is 89.4 Å². The molecule has 75 heavy (non-hydrogen) atoms. The SMILES string of the molecule is [2H]C([2H])([2H])c1cnc(-c2ccc(-c3ccccc3-c3cc(CCc4ccc(-c5ccccn5)cc4)cc(CCc4ccc(-c5ccccn5)cc4)c3)c(-c3ccc(-c4ccc(C#N)cc4)cc3)c2)cc1-c1c(C)cccc1C. The summed E-state index contributed by atoms with van der Waals surface area (Å²) in [6, 6.07) is 78.5. The molecule has 4 nitrogen and oxygen atoms in total. The van der Waals surface area contributed by atoms with Crippen LogP contribution in [0.1, 0.15) is 48.6 Å². The molecule has 0 aliphatic carbocycles. The van der Waals surface area contributed by atoms with Crippen LogP contribution in [-0.2, 0) is 25.7 Å². The molecular formula is C71H56N4. The Balaban J connectivity index is 1.00. The van der Waals surface area contributed by atoms with Crippen LogP contribution in [0.5, 0.6) is 0 Å². The van der Waals surface area contributed by atoms with E-state index in [1.165, 1.54) is 28.5 Å². The molecule has 0 spiro atoms. The molecule has 0 aliphatic rings. The van der Waals surface area contributed by atoms with Gasteiger partial charge >= 0.3 is 0 Å². The predicted octanol–water partition coefficient (Wildman–Crippen LogP) is 17.6. The third kappa shape index (κ3) is 10.8. The van der Waals surface area contributed by atoms with Gasteiger partial charge in [0, 0.05) is 39.4 Å². The maximum absolute atomic E-state index is 9.48. The molecule has 0 saturated heterocycles. The van der Waals surface area contributed by atoms with Gasteiger partial charge in [0.2, 0.25) is 0 Å². The monoisotopic (exact) mass is 967 g/mol. The van der Waals surface area contributed by atoms with Crippen molar-refractivity contribution in [3.05, 3.63) is 281 Å². The number of aromatic nitrogens is 3. The highest BCUT2D eigenvalue weighted by Crippen LogP contribution is 2.42. The van der Waals surface area contributed by atoms with E-state index in [2.05, 4.69) is 149 Å². The molecule has 0 aliphatic heterocycles. The van der Waals surface area contributed by atoms with Crippen LogP contribution in [0, 0.1) is 32.0 Å². The molecule has 8 aromatic carbocycles. The fraction of sp³-hybridized carbons (Fsp3) is 0.0986. The Morgan fingerprint density at radius 1 is 0.360 bits per heavy atom. The standard InChI is InChI=1S/C71H56N4/c1-48-11-10-12-49(2)71(48)66-45-70(75-47-50(66)3)61-37-38-65(67(44-61)58-35-33-57(34-36-58)56-27-25-53(46-72)26-28-56)64-14-5-4-13-63(64)62-42-54(19-17-51-21-29-59(30-22-51)68-15-6-8-39-73-68)41-55(43-62)20-18-52-23-31-60(32-24-52)69-16-7-9-40-74-69/h4-16,21-45,47H,17-20H2,1-3H3/i3D3. The van der Waals surface area contributed by atoms with E-state index < -0.39 is 6.85 Å². The van der Waals surface area contributed by atoms with Gasteiger partial charge in [-0.15, -0.1) is 0 Å². The van der Waals surface area contributed by atoms with Gasteiger partial charge in [-0.1, -0.05) is 170 Å². The molecule has 0 saturated carbocycles. The number of rotatable bonds is 14. The van der Waals surface area contributed by atoms with E-state index >= 15 is 0 Å². The van der Waals surface area contributed by atoms with Crippen LogP contribution in [0.3, 0.4) is 0 Å². The summed E-state index contributed by atoms with van der Waals surface area (Å²) in [5.74, 6) is 0. The lowest BCUT2D eigenvalue weighted by Crippen LogP contribution is -1.98. The van der Waals surface area contributed by atoms with Crippen molar-refractivity contribution in [2.45, 2.75) is 46.4 Å². The highest BCUT2D eigenvalue weighted by molar-refractivity contribution is 5.94. The van der Waals surface area contributed by atoms with Crippen molar-refractivity contribution >= 4 is 0 Å². The van der Waals surface area contributed by atoms with Gasteiger partial charge in [0.05, 0.1) is 28.7 Å². The Bertz CT molecular complexity index is 3810. The van der Waals surface area contributed by atoms with Crippen molar-refractivity contribution in [2.24, 2.45) is 0 Å². The topological polar surface area (TPSA) is 62.5 Å². The summed E-state index contributed by atoms with van der Waals surface area (Å²) in [6.45, 7) is 1.70. The van der Waals surface area contributed by atoms with Gasteiger partial charge in [0.15, 0.2) is 0 Å². The Hall–Kier alpha value is -9.30. The first-order chi connectivity index (χ1) is 38.0. The van der Waals surface area contributed by atoms with Crippen molar-refractivity contribution in [3.63, 3.8) is 0 Å². The average Bonchev–Trinajstić information content (AvgIpc) is 3.57. The number of hydrogen-bond acceptors (Lipinski definition) is 4. The second-order valence-electron chi connectivity index (χ2n) is 19.3. The third-order valence-corrected chi connectivity index (χ3v) is 14.3. The first-order valence-electron chi connectivity index (χ1n) is 27.1. The summed E-state index contributed by atoms with van der Waals surface area (Å²) in [7, 11) is 0. The van der Waals surface area contributed by atoms with Crippen molar-refractivity contribution < 1.29 is 4.11 Å². The zero-order valence-corrected chi connectivity index (χ0v) is 42.1. The Morgan fingerprint density at radius 2 is 0.867 bits per heavy atom. The summed E-state index contributed by atoms with van der Waals surface area (Å²) in [6.07, 6.45) is 8.72. The predicted molar refractivity (Wildman–Crippen MR) is 310 cm³/mol. The zero-order chi connectivity index (χ0) is 53.6. The lowest BCUT2D eigenvalue weighted by Gasteiger charge is -2.19. The van der Waals surface area contributed by atoms with Crippen LogP contribution in [0.15, 0.2) is 237 Å². The largest absolute Gasteiger partial charge is 0.256 e. The summed E-state index contributed by atoms with van der Waals surface area (Å²) in [4.78, 5) is 14.0. The minimum atomic E-state index is -2.36. The molecule has 0 bridgehead atoms. The minimum absolute atomic E-state index is 0.228. The number of aryl methyl sites for hydroxylation is 7. The number of benzene rings is 8. The van der Waals surface area contributed by atoms with Gasteiger partial charge in [0.25, 0.3) is 0 Å². The molecule has 0 unspecified atom stereocenters. The molecule has 11 rings (SSSR count). The molecule has 11 aromatic rings. The van der Waals surface area contributed by atoms with E-state index in [9.17, 15) is 5.26 Å². The summed E-state index contributed by atoms with van der Waals surface area (Å²) in [5, 5.41) is 9.48. The van der Waals surface area contributed by atoms with Crippen LogP contribution in [0.2, 0.25) is 0 Å². The van der Waals surface area contributed by atoms with Gasteiger partial charge < -0.3 is 0 Å². The third-order valence-electron chi connectivity index (χ3n) is 14.3. The van der Waals surface area contributed by atoms with Gasteiger partial charge in [-0.05, 0) is 189 Å². The highest BCUT2D eigenvalue weighted by Gasteiger charge is 2.18. The number of nitrogens with zero attached hydrogens (tertiary/aromatic N) is 4. The molecule has 0 N–H and O–H groups in total. The van der Waals surface area contributed by atoms with E-state index in [0.29, 0.717) is 16.8 Å². The molecule has 4 heteroatoms. The molecule has 0 amide bonds. The van der Waals surface area contributed by atoms with E-state index in [1.54, 1.807) is 0 Å². The van der Waals surface area contributed by atoms with Gasteiger partial charge in [-0.2, -0.15) is 5.26 Å². The first kappa shape index (κ1) is 44.4. The molecular weight excluding hydrogens is 909 g/mol. The van der Waals surface area contributed by atoms with Crippen molar-refractivity contribution in [1.29, 1.82) is 5.26 Å². The Kier molecular flexibility index (Phi) is 12.9. The second-order valence-corrected chi connectivity index (χ2v) is 19.3. The zero-order valence-electron chi connectivity index (χ0n) is 45.1. The number of nitriles is 1. The molecule has 360 valence electrons. The number of hydrogen-bond donors (Lipinski definition) is 0. The average molecular weight is 968 g/mol. The lowest BCUT2D eigenvalue weighted by atomic mass is 9.86. The van der Waals surface area contributed by atoms with Crippen LogP contribution in [-0.4, -0.2) is 15.0 Å².